The van der Waals surface area contributed by atoms with E-state index in [0.29, 0.717) is 21.4 Å². The van der Waals surface area contributed by atoms with Gasteiger partial charge in [0.05, 0.1) is 18.7 Å². The number of hydrogen-bond acceptors (Lipinski definition) is 2. The van der Waals surface area contributed by atoms with Gasteiger partial charge in [0.1, 0.15) is 11.4 Å². The van der Waals surface area contributed by atoms with Crippen LogP contribution in [0.4, 0.5) is 0 Å². The van der Waals surface area contributed by atoms with Crippen LogP contribution in [0.5, 0.6) is 5.75 Å². The predicted octanol–water partition coefficient (Wildman–Crippen LogP) is 3.55. The van der Waals surface area contributed by atoms with E-state index in [1.165, 1.54) is 17.7 Å². The van der Waals surface area contributed by atoms with Crippen LogP contribution in [0.15, 0.2) is 30.5 Å². The van der Waals surface area contributed by atoms with Gasteiger partial charge in [0.25, 0.3) is 0 Å². The summed E-state index contributed by atoms with van der Waals surface area (Å²) in [6, 6.07) is 6.66. The molecule has 0 aliphatic carbocycles. The van der Waals surface area contributed by atoms with Crippen molar-refractivity contribution < 1.29 is 14.6 Å². The van der Waals surface area contributed by atoms with Crippen molar-refractivity contribution in [3.8, 4) is 5.75 Å². The molecule has 19 heavy (non-hydrogen) atoms. The normalized spacial score (nSPS) is 10.5. The smallest absolute Gasteiger partial charge is 0.352 e. The van der Waals surface area contributed by atoms with Gasteiger partial charge < -0.3 is 14.4 Å². The minimum Gasteiger partial charge on any atom is -0.496 e. The van der Waals surface area contributed by atoms with Crippen LogP contribution >= 0.6 is 23.2 Å². The fraction of sp³-hybridized carbons (Fsp3) is 0.154. The molecule has 1 heterocycles. The second-order valence-corrected chi connectivity index (χ2v) is 4.74. The number of methoxy groups -OCH3 is 1. The van der Waals surface area contributed by atoms with Gasteiger partial charge in [-0.15, -0.1) is 0 Å². The Balaban J connectivity index is 2.44. The monoisotopic (exact) mass is 299 g/mol. The van der Waals surface area contributed by atoms with Crippen molar-refractivity contribution in [1.29, 1.82) is 0 Å². The first-order valence-electron chi connectivity index (χ1n) is 5.43. The maximum atomic E-state index is 11.1. The molecule has 0 saturated heterocycles. The summed E-state index contributed by atoms with van der Waals surface area (Å²) in [6.45, 7) is 0.275. The lowest BCUT2D eigenvalue weighted by Gasteiger charge is -2.12. The van der Waals surface area contributed by atoms with Crippen LogP contribution in [0.2, 0.25) is 10.0 Å². The van der Waals surface area contributed by atoms with Crippen molar-refractivity contribution in [2.45, 2.75) is 6.54 Å². The van der Waals surface area contributed by atoms with Gasteiger partial charge in [-0.2, -0.15) is 0 Å². The van der Waals surface area contributed by atoms with E-state index in [0.717, 1.165) is 0 Å². The van der Waals surface area contributed by atoms with Crippen molar-refractivity contribution >= 4 is 29.2 Å². The second-order valence-electron chi connectivity index (χ2n) is 3.90. The van der Waals surface area contributed by atoms with Crippen molar-refractivity contribution in [2.24, 2.45) is 0 Å². The Kier molecular flexibility index (Phi) is 4.02. The number of aromatic carboxylic acids is 1. The zero-order valence-corrected chi connectivity index (χ0v) is 11.6. The Labute approximate surface area is 120 Å². The lowest BCUT2D eigenvalue weighted by molar-refractivity contribution is 0.0685. The van der Waals surface area contributed by atoms with Gasteiger partial charge in [0.15, 0.2) is 0 Å². The third-order valence-corrected chi connectivity index (χ3v) is 3.27. The van der Waals surface area contributed by atoms with Gasteiger partial charge >= 0.3 is 5.97 Å². The van der Waals surface area contributed by atoms with Crippen LogP contribution in [-0.2, 0) is 6.54 Å². The summed E-state index contributed by atoms with van der Waals surface area (Å²) >= 11 is 12.0. The predicted molar refractivity (Wildman–Crippen MR) is 73.5 cm³/mol. The molecule has 0 amide bonds. The fourth-order valence-electron chi connectivity index (χ4n) is 1.84. The number of carbonyl (C=O) groups is 1. The maximum Gasteiger partial charge on any atom is 0.352 e. The maximum absolute atomic E-state index is 11.1. The lowest BCUT2D eigenvalue weighted by atomic mass is 10.2. The summed E-state index contributed by atoms with van der Waals surface area (Å²) in [5.74, 6) is -0.438. The second kappa shape index (κ2) is 5.55. The van der Waals surface area contributed by atoms with Gasteiger partial charge in [-0.3, -0.25) is 0 Å². The highest BCUT2D eigenvalue weighted by molar-refractivity contribution is 6.31. The number of rotatable bonds is 4. The number of halogens is 2. The quantitative estimate of drug-likeness (QED) is 0.939. The molecule has 0 atom stereocenters. The Morgan fingerprint density at radius 1 is 1.42 bits per heavy atom. The number of nitrogens with zero attached hydrogens (tertiary/aromatic N) is 1. The van der Waals surface area contributed by atoms with E-state index < -0.39 is 5.97 Å². The highest BCUT2D eigenvalue weighted by Crippen LogP contribution is 2.28. The minimum absolute atomic E-state index is 0.104. The number of carboxylic acids is 1. The highest BCUT2D eigenvalue weighted by atomic mass is 35.5. The van der Waals surface area contributed by atoms with Crippen LogP contribution in [0.1, 0.15) is 16.1 Å². The Morgan fingerprint density at radius 2 is 2.16 bits per heavy atom. The number of benzene rings is 1. The SMILES string of the molecule is COc1cccc(Cl)c1Cn1cc(Cl)cc1C(=O)O. The molecule has 0 unspecified atom stereocenters. The van der Waals surface area contributed by atoms with Crippen molar-refractivity contribution in [1.82, 2.24) is 4.57 Å². The van der Waals surface area contributed by atoms with Crippen LogP contribution in [0.3, 0.4) is 0 Å². The van der Waals surface area contributed by atoms with Crippen LogP contribution in [-0.4, -0.2) is 22.8 Å². The van der Waals surface area contributed by atoms with Gasteiger partial charge in [-0.05, 0) is 18.2 Å². The molecule has 6 heteroatoms. The molecule has 2 rings (SSSR count). The molecule has 1 aromatic heterocycles. The van der Waals surface area contributed by atoms with Crippen LogP contribution in [0, 0.1) is 0 Å². The molecular weight excluding hydrogens is 289 g/mol. The largest absolute Gasteiger partial charge is 0.496 e. The summed E-state index contributed by atoms with van der Waals surface area (Å²) in [6.07, 6.45) is 1.55. The van der Waals surface area contributed by atoms with Crippen molar-refractivity contribution in [3.05, 3.63) is 51.8 Å². The molecule has 2 aromatic rings. The summed E-state index contributed by atoms with van der Waals surface area (Å²) in [7, 11) is 1.54. The van der Waals surface area contributed by atoms with Gasteiger partial charge in [-0.25, -0.2) is 4.79 Å². The third-order valence-electron chi connectivity index (χ3n) is 2.71. The molecule has 0 aliphatic rings. The molecule has 0 radical (unpaired) electrons. The van der Waals surface area contributed by atoms with Gasteiger partial charge in [0.2, 0.25) is 0 Å². The van der Waals surface area contributed by atoms with Crippen LogP contribution < -0.4 is 4.74 Å². The summed E-state index contributed by atoms with van der Waals surface area (Å²) < 4.78 is 6.75. The van der Waals surface area contributed by atoms with E-state index in [1.54, 1.807) is 24.4 Å². The molecule has 0 spiro atoms. The molecule has 0 aliphatic heterocycles. The molecule has 0 bridgehead atoms. The first kappa shape index (κ1) is 13.8. The average Bonchev–Trinajstić information content (AvgIpc) is 2.73. The minimum atomic E-state index is -1.04. The molecule has 100 valence electrons. The lowest BCUT2D eigenvalue weighted by Crippen LogP contribution is -2.09. The molecule has 0 fully saturated rings. The number of carboxylic acid groups (broad SMARTS) is 1. The Morgan fingerprint density at radius 3 is 2.79 bits per heavy atom. The molecule has 1 aromatic carbocycles. The van der Waals surface area contributed by atoms with Crippen molar-refractivity contribution in [2.75, 3.05) is 7.11 Å². The van der Waals surface area contributed by atoms with E-state index in [2.05, 4.69) is 0 Å². The van der Waals surface area contributed by atoms with E-state index in [1.807, 2.05) is 0 Å². The van der Waals surface area contributed by atoms with Crippen molar-refractivity contribution in [3.63, 3.8) is 0 Å². The fourth-order valence-corrected chi connectivity index (χ4v) is 2.29. The van der Waals surface area contributed by atoms with E-state index in [4.69, 9.17) is 33.0 Å². The molecule has 4 nitrogen and oxygen atoms in total. The van der Waals surface area contributed by atoms with E-state index >= 15 is 0 Å². The molecule has 0 saturated carbocycles. The molecule has 1 N–H and O–H groups in total. The highest BCUT2D eigenvalue weighted by Gasteiger charge is 2.15. The van der Waals surface area contributed by atoms with E-state index in [9.17, 15) is 4.79 Å². The van der Waals surface area contributed by atoms with Crippen LogP contribution in [0.25, 0.3) is 0 Å². The summed E-state index contributed by atoms with van der Waals surface area (Å²) in [5.41, 5.74) is 0.813. The van der Waals surface area contributed by atoms with E-state index in [-0.39, 0.29) is 12.2 Å². The number of hydrogen-bond donors (Lipinski definition) is 1. The first-order valence-corrected chi connectivity index (χ1v) is 6.19. The average molecular weight is 300 g/mol. The Bertz CT molecular complexity index is 622. The molecular formula is C13H11Cl2NO3. The summed E-state index contributed by atoms with van der Waals surface area (Å²) in [4.78, 5) is 11.1. The number of ether oxygens (including phenoxy) is 1. The number of aromatic nitrogens is 1. The standard InChI is InChI=1S/C13H11Cl2NO3/c1-19-12-4-2-3-10(15)9(12)7-16-6-8(14)5-11(16)13(17)18/h2-6H,7H2,1H3,(H,17,18). The zero-order valence-electron chi connectivity index (χ0n) is 10.1. The zero-order chi connectivity index (χ0) is 14.0. The third kappa shape index (κ3) is 2.85. The first-order chi connectivity index (χ1) is 9.02. The van der Waals surface area contributed by atoms with Gasteiger partial charge in [0, 0.05) is 16.8 Å². The van der Waals surface area contributed by atoms with Gasteiger partial charge in [-0.1, -0.05) is 29.3 Å². The Hall–Kier alpha value is -1.65. The topological polar surface area (TPSA) is 51.5 Å². The summed E-state index contributed by atoms with van der Waals surface area (Å²) in [5, 5.41) is 9.99.